The Hall–Kier alpha value is -0.530. The van der Waals surface area contributed by atoms with Crippen molar-refractivity contribution in [2.45, 2.75) is 71.3 Å². The van der Waals surface area contributed by atoms with Crippen LogP contribution in [0.25, 0.3) is 0 Å². The lowest BCUT2D eigenvalue weighted by atomic mass is 9.98. The molecular formula is C18H30ClN. The second-order valence-electron chi connectivity index (χ2n) is 5.73. The van der Waals surface area contributed by atoms with Crippen molar-refractivity contribution in [1.29, 1.82) is 0 Å². The third kappa shape index (κ3) is 5.85. The Bertz CT molecular complexity index is 376. The van der Waals surface area contributed by atoms with Gasteiger partial charge in [0.25, 0.3) is 0 Å². The zero-order chi connectivity index (χ0) is 14.8. The van der Waals surface area contributed by atoms with E-state index in [0.717, 1.165) is 5.02 Å². The molecule has 1 unspecified atom stereocenters. The van der Waals surface area contributed by atoms with Gasteiger partial charge in [-0.15, -0.1) is 0 Å². The maximum Gasteiger partial charge on any atom is 0.0482 e. The summed E-state index contributed by atoms with van der Waals surface area (Å²) in [4.78, 5) is 0. The van der Waals surface area contributed by atoms with E-state index in [9.17, 15) is 0 Å². The van der Waals surface area contributed by atoms with Crippen molar-refractivity contribution in [2.75, 3.05) is 7.05 Å². The minimum absolute atomic E-state index is 0.387. The molecule has 0 amide bonds. The van der Waals surface area contributed by atoms with Gasteiger partial charge in [0.1, 0.15) is 0 Å². The van der Waals surface area contributed by atoms with E-state index in [1.54, 1.807) is 0 Å². The van der Waals surface area contributed by atoms with Crippen molar-refractivity contribution < 1.29 is 0 Å². The average molecular weight is 296 g/mol. The number of hydrogen-bond acceptors (Lipinski definition) is 1. The summed E-state index contributed by atoms with van der Waals surface area (Å²) < 4.78 is 0. The summed E-state index contributed by atoms with van der Waals surface area (Å²) in [5.74, 6) is 0. The lowest BCUT2D eigenvalue weighted by Crippen LogP contribution is -2.17. The second-order valence-corrected chi connectivity index (χ2v) is 6.11. The molecule has 1 rings (SSSR count). The number of nitrogens with one attached hydrogen (secondary N) is 1. The Balaban J connectivity index is 2.34. The maximum atomic E-state index is 6.42. The van der Waals surface area contributed by atoms with Crippen molar-refractivity contribution in [3.05, 3.63) is 34.3 Å². The highest BCUT2D eigenvalue weighted by Crippen LogP contribution is 2.29. The number of rotatable bonds is 10. The van der Waals surface area contributed by atoms with Gasteiger partial charge in [0.05, 0.1) is 0 Å². The highest BCUT2D eigenvalue weighted by molar-refractivity contribution is 6.32. The van der Waals surface area contributed by atoms with E-state index in [1.165, 1.54) is 62.5 Å². The molecule has 2 heteroatoms. The van der Waals surface area contributed by atoms with Crippen LogP contribution < -0.4 is 5.32 Å². The predicted molar refractivity (Wildman–Crippen MR) is 90.6 cm³/mol. The summed E-state index contributed by atoms with van der Waals surface area (Å²) in [7, 11) is 2.03. The molecule has 0 heterocycles. The van der Waals surface area contributed by atoms with Gasteiger partial charge in [-0.05, 0) is 31.5 Å². The van der Waals surface area contributed by atoms with Crippen molar-refractivity contribution >= 4 is 11.6 Å². The lowest BCUT2D eigenvalue weighted by Gasteiger charge is -2.19. The molecule has 1 nitrogen and oxygen atoms in total. The fraction of sp³-hybridized carbons (Fsp3) is 0.667. The normalized spacial score (nSPS) is 12.6. The van der Waals surface area contributed by atoms with E-state index < -0.39 is 0 Å². The van der Waals surface area contributed by atoms with E-state index in [1.807, 2.05) is 7.05 Å². The molecule has 0 aromatic heterocycles. The van der Waals surface area contributed by atoms with Gasteiger partial charge >= 0.3 is 0 Å². The van der Waals surface area contributed by atoms with E-state index >= 15 is 0 Å². The van der Waals surface area contributed by atoms with Crippen LogP contribution in [0, 0.1) is 6.92 Å². The van der Waals surface area contributed by atoms with E-state index in [0.29, 0.717) is 6.04 Å². The number of hydrogen-bond donors (Lipinski definition) is 1. The highest BCUT2D eigenvalue weighted by Gasteiger charge is 2.13. The molecule has 20 heavy (non-hydrogen) atoms. The first-order valence-corrected chi connectivity index (χ1v) is 8.50. The molecule has 0 aliphatic carbocycles. The van der Waals surface area contributed by atoms with E-state index in [4.69, 9.17) is 11.6 Å². The van der Waals surface area contributed by atoms with Crippen molar-refractivity contribution in [3.63, 3.8) is 0 Å². The molecule has 0 aliphatic rings. The molecule has 0 saturated heterocycles. The second kappa shape index (κ2) is 10.2. The molecule has 0 aliphatic heterocycles. The maximum absolute atomic E-state index is 6.42. The third-order valence-electron chi connectivity index (χ3n) is 4.04. The van der Waals surface area contributed by atoms with Gasteiger partial charge in [-0.1, -0.05) is 81.7 Å². The van der Waals surface area contributed by atoms with Crippen molar-refractivity contribution in [1.82, 2.24) is 5.32 Å². The summed E-state index contributed by atoms with van der Waals surface area (Å²) in [6, 6.07) is 6.72. The molecule has 0 spiro atoms. The first-order valence-electron chi connectivity index (χ1n) is 8.13. The minimum atomic E-state index is 0.387. The molecule has 1 aromatic carbocycles. The molecule has 1 aromatic rings. The Labute approximate surface area is 130 Å². The number of aryl methyl sites for hydroxylation is 1. The molecule has 0 saturated carbocycles. The number of unbranched alkanes of at least 4 members (excludes halogenated alkanes) is 6. The van der Waals surface area contributed by atoms with E-state index in [2.05, 4.69) is 37.4 Å². The summed E-state index contributed by atoms with van der Waals surface area (Å²) in [6.45, 7) is 4.34. The average Bonchev–Trinajstić information content (AvgIpc) is 2.46. The first-order chi connectivity index (χ1) is 9.70. The fourth-order valence-corrected chi connectivity index (χ4v) is 2.96. The van der Waals surface area contributed by atoms with Crippen LogP contribution in [0.15, 0.2) is 18.2 Å². The summed E-state index contributed by atoms with van der Waals surface area (Å²) >= 11 is 6.42. The Morgan fingerprint density at radius 1 is 1.05 bits per heavy atom. The predicted octanol–water partition coefficient (Wildman–Crippen LogP) is 6.05. The molecule has 1 atom stereocenters. The Kier molecular flexibility index (Phi) is 8.97. The summed E-state index contributed by atoms with van der Waals surface area (Å²) in [6.07, 6.45) is 10.7. The SMILES string of the molecule is CCCCCCCCCC(NC)c1cccc(C)c1Cl. The molecule has 1 N–H and O–H groups in total. The Morgan fingerprint density at radius 3 is 2.35 bits per heavy atom. The summed E-state index contributed by atoms with van der Waals surface area (Å²) in [5.41, 5.74) is 2.42. The van der Waals surface area contributed by atoms with E-state index in [-0.39, 0.29) is 0 Å². The summed E-state index contributed by atoms with van der Waals surface area (Å²) in [5, 5.41) is 4.34. The molecule has 114 valence electrons. The third-order valence-corrected chi connectivity index (χ3v) is 4.56. The minimum Gasteiger partial charge on any atom is -0.313 e. The van der Waals surface area contributed by atoms with Crippen LogP contribution in [0.2, 0.25) is 5.02 Å². The molecule has 0 bridgehead atoms. The van der Waals surface area contributed by atoms with Gasteiger partial charge in [0.15, 0.2) is 0 Å². The topological polar surface area (TPSA) is 12.0 Å². The largest absolute Gasteiger partial charge is 0.313 e. The monoisotopic (exact) mass is 295 g/mol. The smallest absolute Gasteiger partial charge is 0.0482 e. The van der Waals surface area contributed by atoms with Gasteiger partial charge < -0.3 is 5.32 Å². The molecule has 0 radical (unpaired) electrons. The van der Waals surface area contributed by atoms with Gasteiger partial charge in [0, 0.05) is 11.1 Å². The quantitative estimate of drug-likeness (QED) is 0.518. The highest BCUT2D eigenvalue weighted by atomic mass is 35.5. The van der Waals surface area contributed by atoms with Gasteiger partial charge in [-0.25, -0.2) is 0 Å². The van der Waals surface area contributed by atoms with Crippen LogP contribution in [-0.4, -0.2) is 7.05 Å². The van der Waals surface area contributed by atoms with Crippen LogP contribution in [0.1, 0.15) is 75.5 Å². The van der Waals surface area contributed by atoms with Crippen molar-refractivity contribution in [2.24, 2.45) is 0 Å². The van der Waals surface area contributed by atoms with Crippen LogP contribution >= 0.6 is 11.6 Å². The molecule has 0 fully saturated rings. The van der Waals surface area contributed by atoms with Crippen LogP contribution in [-0.2, 0) is 0 Å². The van der Waals surface area contributed by atoms with Gasteiger partial charge in [-0.3, -0.25) is 0 Å². The lowest BCUT2D eigenvalue weighted by molar-refractivity contribution is 0.496. The first kappa shape index (κ1) is 17.5. The van der Waals surface area contributed by atoms with Crippen LogP contribution in [0.3, 0.4) is 0 Å². The van der Waals surface area contributed by atoms with Gasteiger partial charge in [-0.2, -0.15) is 0 Å². The number of halogens is 1. The standard InChI is InChI=1S/C18H30ClN/c1-4-5-6-7-8-9-10-14-17(20-3)16-13-11-12-15(2)18(16)19/h11-13,17,20H,4-10,14H2,1-3H3. The number of benzene rings is 1. The van der Waals surface area contributed by atoms with Crippen molar-refractivity contribution in [3.8, 4) is 0 Å². The Morgan fingerprint density at radius 2 is 1.70 bits per heavy atom. The van der Waals surface area contributed by atoms with Crippen LogP contribution in [0.5, 0.6) is 0 Å². The van der Waals surface area contributed by atoms with Crippen LogP contribution in [0.4, 0.5) is 0 Å². The fourth-order valence-electron chi connectivity index (χ4n) is 2.70. The molecular weight excluding hydrogens is 266 g/mol. The zero-order valence-electron chi connectivity index (χ0n) is 13.3. The van der Waals surface area contributed by atoms with Gasteiger partial charge in [0.2, 0.25) is 0 Å². The zero-order valence-corrected chi connectivity index (χ0v) is 14.1.